The second-order valence-electron chi connectivity index (χ2n) is 8.65. The molecule has 3 amide bonds. The maximum Gasteiger partial charge on any atom is 0.341 e. The standard InChI is InChI=1S/C27H24N2O5S/c1-3-34-27(33)22-21-15(2)8-6-13-20(21)35-24(22)28-23(30)16-9-7-10-17(14-16)29-25(31)18-11-4-5-12-19(18)26(29)32/h4-5,7,9-12,14-15H,3,6,8,13H2,1-2H3,(H,28,30). The fourth-order valence-corrected chi connectivity index (χ4v) is 6.14. The molecule has 0 saturated carbocycles. The van der Waals surface area contributed by atoms with Crippen LogP contribution in [0.3, 0.4) is 0 Å². The molecule has 1 aliphatic heterocycles. The van der Waals surface area contributed by atoms with Gasteiger partial charge in [-0.05, 0) is 68.0 Å². The van der Waals surface area contributed by atoms with Crippen molar-refractivity contribution in [3.05, 3.63) is 81.2 Å². The number of nitrogens with one attached hydrogen (secondary N) is 1. The predicted octanol–water partition coefficient (Wildman–Crippen LogP) is 5.42. The van der Waals surface area contributed by atoms with Crippen LogP contribution in [0.2, 0.25) is 0 Å². The van der Waals surface area contributed by atoms with Gasteiger partial charge in [-0.25, -0.2) is 9.69 Å². The van der Waals surface area contributed by atoms with Gasteiger partial charge in [0.05, 0.1) is 29.0 Å². The highest BCUT2D eigenvalue weighted by Gasteiger charge is 2.36. The number of nitrogens with zero attached hydrogens (tertiary/aromatic N) is 1. The number of carbonyl (C=O) groups excluding carboxylic acids is 4. The number of fused-ring (bicyclic) bond motifs is 2. The summed E-state index contributed by atoms with van der Waals surface area (Å²) in [6, 6.07) is 13.0. The number of ether oxygens (including phenoxy) is 1. The average Bonchev–Trinajstić information content (AvgIpc) is 3.35. The van der Waals surface area contributed by atoms with Gasteiger partial charge < -0.3 is 10.1 Å². The van der Waals surface area contributed by atoms with Crippen LogP contribution in [0.15, 0.2) is 48.5 Å². The molecule has 178 valence electrons. The zero-order valence-electron chi connectivity index (χ0n) is 19.4. The Bertz CT molecular complexity index is 1340. The predicted molar refractivity (Wildman–Crippen MR) is 134 cm³/mol. The molecule has 0 radical (unpaired) electrons. The van der Waals surface area contributed by atoms with Crippen LogP contribution >= 0.6 is 11.3 Å². The highest BCUT2D eigenvalue weighted by atomic mass is 32.1. The molecule has 1 atom stereocenters. The van der Waals surface area contributed by atoms with Crippen LogP contribution in [0.1, 0.15) is 84.5 Å². The Hall–Kier alpha value is -3.78. The second kappa shape index (κ2) is 9.11. The summed E-state index contributed by atoms with van der Waals surface area (Å²) < 4.78 is 5.30. The largest absolute Gasteiger partial charge is 0.462 e. The molecule has 7 nitrogen and oxygen atoms in total. The first-order chi connectivity index (χ1) is 16.9. The Morgan fingerprint density at radius 1 is 1.09 bits per heavy atom. The fraction of sp³-hybridized carbons (Fsp3) is 0.259. The molecule has 0 fully saturated rings. The quantitative estimate of drug-likeness (QED) is 0.383. The summed E-state index contributed by atoms with van der Waals surface area (Å²) >= 11 is 1.41. The maximum atomic E-state index is 13.2. The number of hydrogen-bond donors (Lipinski definition) is 1. The molecule has 8 heteroatoms. The summed E-state index contributed by atoms with van der Waals surface area (Å²) in [5.41, 5.74) is 2.66. The number of aryl methyl sites for hydroxylation is 1. The number of rotatable bonds is 5. The van der Waals surface area contributed by atoms with Crippen molar-refractivity contribution in [2.24, 2.45) is 0 Å². The molecule has 1 N–H and O–H groups in total. The van der Waals surface area contributed by atoms with E-state index in [1.165, 1.54) is 17.4 Å². The monoisotopic (exact) mass is 488 g/mol. The van der Waals surface area contributed by atoms with Crippen LogP contribution in [0.5, 0.6) is 0 Å². The maximum absolute atomic E-state index is 13.2. The molecule has 0 spiro atoms. The van der Waals surface area contributed by atoms with E-state index in [-0.39, 0.29) is 18.1 Å². The fourth-order valence-electron chi connectivity index (χ4n) is 4.79. The van der Waals surface area contributed by atoms with E-state index in [0.29, 0.717) is 27.4 Å². The summed E-state index contributed by atoms with van der Waals surface area (Å²) in [5, 5.41) is 3.36. The Balaban J connectivity index is 1.46. The topological polar surface area (TPSA) is 92.8 Å². The van der Waals surface area contributed by atoms with Crippen LogP contribution in [0, 0.1) is 0 Å². The van der Waals surface area contributed by atoms with Gasteiger partial charge >= 0.3 is 5.97 Å². The minimum absolute atomic E-state index is 0.206. The number of anilines is 2. The lowest BCUT2D eigenvalue weighted by Crippen LogP contribution is -2.29. The summed E-state index contributed by atoms with van der Waals surface area (Å²) in [6.07, 6.45) is 2.88. The lowest BCUT2D eigenvalue weighted by Gasteiger charge is -2.19. The lowest BCUT2D eigenvalue weighted by molar-refractivity contribution is 0.0525. The van der Waals surface area contributed by atoms with Crippen LogP contribution in [-0.2, 0) is 11.2 Å². The number of benzene rings is 2. The second-order valence-corrected chi connectivity index (χ2v) is 9.76. The van der Waals surface area contributed by atoms with Gasteiger partial charge in [0.2, 0.25) is 0 Å². The minimum atomic E-state index is -0.436. The zero-order chi connectivity index (χ0) is 24.7. The van der Waals surface area contributed by atoms with Crippen molar-refractivity contribution in [3.8, 4) is 0 Å². The van der Waals surface area contributed by atoms with Crippen LogP contribution in [-0.4, -0.2) is 30.3 Å². The number of esters is 1. The van der Waals surface area contributed by atoms with Crippen molar-refractivity contribution in [2.75, 3.05) is 16.8 Å². The van der Waals surface area contributed by atoms with Gasteiger partial charge in [-0.15, -0.1) is 11.3 Å². The van der Waals surface area contributed by atoms with Crippen LogP contribution < -0.4 is 10.2 Å². The molecule has 2 heterocycles. The molecule has 3 aromatic rings. The first-order valence-corrected chi connectivity index (χ1v) is 12.4. The molecule has 1 aromatic heterocycles. The van der Waals surface area contributed by atoms with E-state index >= 15 is 0 Å². The van der Waals surface area contributed by atoms with Gasteiger partial charge in [0.1, 0.15) is 5.00 Å². The molecule has 2 aromatic carbocycles. The minimum Gasteiger partial charge on any atom is -0.462 e. The van der Waals surface area contributed by atoms with Crippen molar-refractivity contribution in [2.45, 2.75) is 39.0 Å². The molecular formula is C27H24N2O5S. The molecule has 5 rings (SSSR count). The van der Waals surface area contributed by atoms with Crippen molar-refractivity contribution < 1.29 is 23.9 Å². The van der Waals surface area contributed by atoms with Crippen molar-refractivity contribution in [3.63, 3.8) is 0 Å². The summed E-state index contributed by atoms with van der Waals surface area (Å²) in [6.45, 7) is 4.08. The van der Waals surface area contributed by atoms with E-state index in [4.69, 9.17) is 4.74 Å². The first-order valence-electron chi connectivity index (χ1n) is 11.6. The van der Waals surface area contributed by atoms with Crippen LogP contribution in [0.25, 0.3) is 0 Å². The van der Waals surface area contributed by atoms with Gasteiger partial charge in [0.25, 0.3) is 17.7 Å². The third-order valence-corrected chi connectivity index (χ3v) is 7.60. The van der Waals surface area contributed by atoms with Gasteiger partial charge in [-0.3, -0.25) is 14.4 Å². The van der Waals surface area contributed by atoms with E-state index in [1.54, 1.807) is 49.4 Å². The third-order valence-electron chi connectivity index (χ3n) is 6.42. The van der Waals surface area contributed by atoms with Gasteiger partial charge in [-0.1, -0.05) is 25.1 Å². The van der Waals surface area contributed by atoms with Gasteiger partial charge in [0.15, 0.2) is 0 Å². The van der Waals surface area contributed by atoms with E-state index in [0.717, 1.165) is 34.6 Å². The Labute approximate surface area is 206 Å². The third kappa shape index (κ3) is 3.93. The highest BCUT2D eigenvalue weighted by Crippen LogP contribution is 2.44. The smallest absolute Gasteiger partial charge is 0.341 e. The Kier molecular flexibility index (Phi) is 5.98. The van der Waals surface area contributed by atoms with E-state index < -0.39 is 23.7 Å². The first kappa shape index (κ1) is 23.0. The molecule has 0 saturated heterocycles. The van der Waals surface area contributed by atoms with Crippen molar-refractivity contribution in [1.82, 2.24) is 0 Å². The lowest BCUT2D eigenvalue weighted by atomic mass is 9.86. The van der Waals surface area contributed by atoms with Crippen molar-refractivity contribution in [1.29, 1.82) is 0 Å². The SMILES string of the molecule is CCOC(=O)c1c(NC(=O)c2cccc(N3C(=O)c4ccccc4C3=O)c2)sc2c1C(C)CCC2. The van der Waals surface area contributed by atoms with E-state index in [1.807, 2.05) is 0 Å². The summed E-state index contributed by atoms with van der Waals surface area (Å²) in [7, 11) is 0. The van der Waals surface area contributed by atoms with E-state index in [9.17, 15) is 19.2 Å². The number of amides is 3. The zero-order valence-corrected chi connectivity index (χ0v) is 20.2. The number of carbonyl (C=O) groups is 4. The van der Waals surface area contributed by atoms with Gasteiger partial charge in [0, 0.05) is 10.4 Å². The average molecular weight is 489 g/mol. The molecule has 0 bridgehead atoms. The molecule has 35 heavy (non-hydrogen) atoms. The molecule has 1 aliphatic carbocycles. The van der Waals surface area contributed by atoms with E-state index in [2.05, 4.69) is 12.2 Å². The Morgan fingerprint density at radius 3 is 2.49 bits per heavy atom. The van der Waals surface area contributed by atoms with Crippen molar-refractivity contribution >= 4 is 45.7 Å². The highest BCUT2D eigenvalue weighted by molar-refractivity contribution is 7.17. The number of hydrogen-bond acceptors (Lipinski definition) is 6. The number of imide groups is 1. The van der Waals surface area contributed by atoms with Gasteiger partial charge in [-0.2, -0.15) is 0 Å². The Morgan fingerprint density at radius 2 is 1.80 bits per heavy atom. The normalized spacial score (nSPS) is 16.6. The molecular weight excluding hydrogens is 464 g/mol. The van der Waals surface area contributed by atoms with Crippen LogP contribution in [0.4, 0.5) is 10.7 Å². The summed E-state index contributed by atoms with van der Waals surface area (Å²) in [4.78, 5) is 54.0. The molecule has 2 aliphatic rings. The summed E-state index contributed by atoms with van der Waals surface area (Å²) in [5.74, 6) is -1.51. The molecule has 1 unspecified atom stereocenters. The number of thiophene rings is 1.